The lowest BCUT2D eigenvalue weighted by Gasteiger charge is -2.12. The van der Waals surface area contributed by atoms with Gasteiger partial charge < -0.3 is 10.5 Å². The lowest BCUT2D eigenvalue weighted by molar-refractivity contribution is 0.243. The second kappa shape index (κ2) is 6.48. The maximum absolute atomic E-state index is 5.74. The summed E-state index contributed by atoms with van der Waals surface area (Å²) in [4.78, 5) is 4.23. The van der Waals surface area contributed by atoms with E-state index in [1.54, 1.807) is 6.20 Å². The number of nitrogens with two attached hydrogens (primary N) is 1. The monoisotopic (exact) mass is 222 g/mol. The SMILES string of the molecule is CCCC(C)COc1ccc([C@@H](C)N)cn1. The maximum Gasteiger partial charge on any atom is 0.213 e. The molecular formula is C13H22N2O. The van der Waals surface area contributed by atoms with Crippen molar-refractivity contribution in [2.75, 3.05) is 6.61 Å². The maximum atomic E-state index is 5.74. The minimum atomic E-state index is 0.0283. The van der Waals surface area contributed by atoms with Crippen molar-refractivity contribution in [1.29, 1.82) is 0 Å². The van der Waals surface area contributed by atoms with E-state index in [1.165, 1.54) is 12.8 Å². The summed E-state index contributed by atoms with van der Waals surface area (Å²) in [7, 11) is 0. The van der Waals surface area contributed by atoms with E-state index in [0.29, 0.717) is 11.8 Å². The number of rotatable bonds is 6. The molecule has 0 aliphatic rings. The van der Waals surface area contributed by atoms with Crippen molar-refractivity contribution in [2.24, 2.45) is 11.7 Å². The zero-order valence-corrected chi connectivity index (χ0v) is 10.4. The molecule has 16 heavy (non-hydrogen) atoms. The molecule has 1 aromatic rings. The molecule has 1 rings (SSSR count). The minimum absolute atomic E-state index is 0.0283. The first-order valence-corrected chi connectivity index (χ1v) is 5.97. The predicted molar refractivity (Wildman–Crippen MR) is 66.4 cm³/mol. The standard InChI is InChI=1S/C13H22N2O/c1-4-5-10(2)9-16-13-7-6-12(8-15-13)11(3)14/h6-8,10-11H,4-5,9,14H2,1-3H3/t10?,11-/m1/s1. The normalized spacial score (nSPS) is 14.5. The fraction of sp³-hybridized carbons (Fsp3) is 0.615. The van der Waals surface area contributed by atoms with Crippen molar-refractivity contribution < 1.29 is 4.74 Å². The molecule has 0 saturated carbocycles. The topological polar surface area (TPSA) is 48.1 Å². The van der Waals surface area contributed by atoms with Gasteiger partial charge in [-0.05, 0) is 24.8 Å². The van der Waals surface area contributed by atoms with Crippen LogP contribution in [0.4, 0.5) is 0 Å². The Morgan fingerprint density at radius 1 is 1.38 bits per heavy atom. The number of ether oxygens (including phenoxy) is 1. The van der Waals surface area contributed by atoms with Gasteiger partial charge in [0.05, 0.1) is 6.61 Å². The molecule has 1 aromatic heterocycles. The van der Waals surface area contributed by atoms with E-state index in [0.717, 1.165) is 12.2 Å². The molecule has 0 bridgehead atoms. The zero-order valence-electron chi connectivity index (χ0n) is 10.4. The average molecular weight is 222 g/mol. The van der Waals surface area contributed by atoms with Crippen LogP contribution in [0.3, 0.4) is 0 Å². The summed E-state index contributed by atoms with van der Waals surface area (Å²) in [5.74, 6) is 1.27. The van der Waals surface area contributed by atoms with Gasteiger partial charge in [-0.15, -0.1) is 0 Å². The fourth-order valence-electron chi connectivity index (χ4n) is 1.55. The lowest BCUT2D eigenvalue weighted by atomic mass is 10.1. The molecule has 1 heterocycles. The van der Waals surface area contributed by atoms with Gasteiger partial charge in [0.1, 0.15) is 0 Å². The summed E-state index contributed by atoms with van der Waals surface area (Å²) in [5.41, 5.74) is 6.78. The third-order valence-corrected chi connectivity index (χ3v) is 2.58. The number of hydrogen-bond acceptors (Lipinski definition) is 3. The van der Waals surface area contributed by atoms with Gasteiger partial charge in [-0.1, -0.05) is 26.3 Å². The van der Waals surface area contributed by atoms with Crippen LogP contribution in [0.2, 0.25) is 0 Å². The summed E-state index contributed by atoms with van der Waals surface area (Å²) in [6, 6.07) is 3.88. The Balaban J connectivity index is 2.43. The molecule has 0 aliphatic carbocycles. The van der Waals surface area contributed by atoms with E-state index in [2.05, 4.69) is 18.8 Å². The van der Waals surface area contributed by atoms with E-state index in [-0.39, 0.29) is 6.04 Å². The van der Waals surface area contributed by atoms with Gasteiger partial charge >= 0.3 is 0 Å². The second-order valence-corrected chi connectivity index (χ2v) is 4.42. The average Bonchev–Trinajstić information content (AvgIpc) is 2.27. The highest BCUT2D eigenvalue weighted by atomic mass is 16.5. The van der Waals surface area contributed by atoms with Gasteiger partial charge in [0.25, 0.3) is 0 Å². The Labute approximate surface area is 98.0 Å². The largest absolute Gasteiger partial charge is 0.477 e. The highest BCUT2D eigenvalue weighted by molar-refractivity contribution is 5.19. The highest BCUT2D eigenvalue weighted by Gasteiger charge is 2.04. The van der Waals surface area contributed by atoms with Crippen LogP contribution in [0.5, 0.6) is 5.88 Å². The number of pyridine rings is 1. The first kappa shape index (κ1) is 13.0. The molecule has 2 atom stereocenters. The molecule has 90 valence electrons. The van der Waals surface area contributed by atoms with Crippen molar-refractivity contribution in [3.63, 3.8) is 0 Å². The van der Waals surface area contributed by atoms with Crippen LogP contribution in [0.15, 0.2) is 18.3 Å². The molecule has 3 heteroatoms. The number of hydrogen-bond donors (Lipinski definition) is 1. The van der Waals surface area contributed by atoms with E-state index < -0.39 is 0 Å². The van der Waals surface area contributed by atoms with Gasteiger partial charge in [0.15, 0.2) is 0 Å². The van der Waals surface area contributed by atoms with Crippen LogP contribution < -0.4 is 10.5 Å². The Bertz CT molecular complexity index is 295. The van der Waals surface area contributed by atoms with Crippen LogP contribution in [0.1, 0.15) is 45.2 Å². The van der Waals surface area contributed by atoms with Gasteiger partial charge in [-0.2, -0.15) is 0 Å². The molecule has 3 nitrogen and oxygen atoms in total. The molecular weight excluding hydrogens is 200 g/mol. The van der Waals surface area contributed by atoms with Crippen molar-refractivity contribution in [3.05, 3.63) is 23.9 Å². The molecule has 0 amide bonds. The smallest absolute Gasteiger partial charge is 0.213 e. The van der Waals surface area contributed by atoms with E-state index in [1.807, 2.05) is 19.1 Å². The molecule has 1 unspecified atom stereocenters. The Morgan fingerprint density at radius 3 is 2.62 bits per heavy atom. The van der Waals surface area contributed by atoms with Crippen LogP contribution in [-0.4, -0.2) is 11.6 Å². The first-order valence-electron chi connectivity index (χ1n) is 5.97. The molecule has 0 aromatic carbocycles. The summed E-state index contributed by atoms with van der Waals surface area (Å²) in [5, 5.41) is 0. The molecule has 0 aliphatic heterocycles. The van der Waals surface area contributed by atoms with Crippen LogP contribution >= 0.6 is 0 Å². The van der Waals surface area contributed by atoms with Crippen molar-refractivity contribution in [3.8, 4) is 5.88 Å². The summed E-state index contributed by atoms with van der Waals surface area (Å²) in [6.07, 6.45) is 4.17. The van der Waals surface area contributed by atoms with Crippen molar-refractivity contribution in [1.82, 2.24) is 4.98 Å². The van der Waals surface area contributed by atoms with E-state index >= 15 is 0 Å². The Hall–Kier alpha value is -1.09. The fourth-order valence-corrected chi connectivity index (χ4v) is 1.55. The van der Waals surface area contributed by atoms with Crippen LogP contribution in [0.25, 0.3) is 0 Å². The number of aromatic nitrogens is 1. The third-order valence-electron chi connectivity index (χ3n) is 2.58. The van der Waals surface area contributed by atoms with Gasteiger partial charge in [0, 0.05) is 18.3 Å². The van der Waals surface area contributed by atoms with Gasteiger partial charge in [0.2, 0.25) is 5.88 Å². The van der Waals surface area contributed by atoms with Crippen molar-refractivity contribution >= 4 is 0 Å². The Morgan fingerprint density at radius 2 is 2.12 bits per heavy atom. The number of nitrogens with zero attached hydrogens (tertiary/aromatic N) is 1. The van der Waals surface area contributed by atoms with Crippen LogP contribution in [-0.2, 0) is 0 Å². The third kappa shape index (κ3) is 4.19. The summed E-state index contributed by atoms with van der Waals surface area (Å²) < 4.78 is 5.60. The minimum Gasteiger partial charge on any atom is -0.477 e. The molecule has 0 radical (unpaired) electrons. The molecule has 0 fully saturated rings. The first-order chi connectivity index (χ1) is 7.63. The van der Waals surface area contributed by atoms with E-state index in [4.69, 9.17) is 10.5 Å². The van der Waals surface area contributed by atoms with Crippen molar-refractivity contribution in [2.45, 2.75) is 39.7 Å². The quantitative estimate of drug-likeness (QED) is 0.805. The lowest BCUT2D eigenvalue weighted by Crippen LogP contribution is -2.10. The predicted octanol–water partition coefficient (Wildman–Crippen LogP) is 2.92. The van der Waals surface area contributed by atoms with Crippen LogP contribution in [0, 0.1) is 5.92 Å². The molecule has 0 saturated heterocycles. The van der Waals surface area contributed by atoms with E-state index in [9.17, 15) is 0 Å². The second-order valence-electron chi connectivity index (χ2n) is 4.42. The highest BCUT2D eigenvalue weighted by Crippen LogP contribution is 2.14. The van der Waals surface area contributed by atoms with Gasteiger partial charge in [-0.25, -0.2) is 4.98 Å². The zero-order chi connectivity index (χ0) is 12.0. The summed E-state index contributed by atoms with van der Waals surface area (Å²) in [6.45, 7) is 7.06. The van der Waals surface area contributed by atoms with Gasteiger partial charge in [-0.3, -0.25) is 0 Å². The molecule has 2 N–H and O–H groups in total. The summed E-state index contributed by atoms with van der Waals surface area (Å²) >= 11 is 0. The Kier molecular flexibility index (Phi) is 5.26. The molecule has 0 spiro atoms.